The van der Waals surface area contributed by atoms with Gasteiger partial charge in [0.05, 0.1) is 13.2 Å². The van der Waals surface area contributed by atoms with E-state index in [2.05, 4.69) is 29.2 Å². The van der Waals surface area contributed by atoms with E-state index < -0.39 is 0 Å². The summed E-state index contributed by atoms with van der Waals surface area (Å²) >= 11 is 0. The number of nitrogens with one attached hydrogen (secondary N) is 1. The summed E-state index contributed by atoms with van der Waals surface area (Å²) < 4.78 is 5.71. The molecular formula is C17H22ClN3O. The lowest BCUT2D eigenvalue weighted by Gasteiger charge is -2.12. The lowest BCUT2D eigenvalue weighted by Crippen LogP contribution is -2.10. The summed E-state index contributed by atoms with van der Waals surface area (Å²) in [7, 11) is 4.05. The second kappa shape index (κ2) is 8.41. The molecular weight excluding hydrogens is 298 g/mol. The van der Waals surface area contributed by atoms with Crippen molar-refractivity contribution < 1.29 is 4.74 Å². The highest BCUT2D eigenvalue weighted by Gasteiger charge is 1.99. The Balaban J connectivity index is 0.00000242. The van der Waals surface area contributed by atoms with Crippen LogP contribution in [-0.4, -0.2) is 19.9 Å². The Morgan fingerprint density at radius 3 is 1.82 bits per heavy atom. The number of nitrogens with two attached hydrogens (primary N) is 1. The number of rotatable bonds is 6. The monoisotopic (exact) mass is 319 g/mol. The molecule has 3 N–H and O–H groups in total. The minimum atomic E-state index is 0. The predicted molar refractivity (Wildman–Crippen MR) is 94.0 cm³/mol. The highest BCUT2D eigenvalue weighted by Crippen LogP contribution is 2.13. The average Bonchev–Trinajstić information content (AvgIpc) is 2.48. The third kappa shape index (κ3) is 5.06. The van der Waals surface area contributed by atoms with Gasteiger partial charge in [-0.3, -0.25) is 5.41 Å². The number of nitrogens with zero attached hydrogens (tertiary/aromatic N) is 1. The molecule has 0 aliphatic carbocycles. The summed E-state index contributed by atoms with van der Waals surface area (Å²) in [5.41, 5.74) is 9.56. The van der Waals surface area contributed by atoms with Crippen LogP contribution < -0.4 is 10.6 Å². The zero-order chi connectivity index (χ0) is 15.2. The van der Waals surface area contributed by atoms with E-state index in [1.54, 1.807) is 0 Å². The van der Waals surface area contributed by atoms with Crippen molar-refractivity contribution in [3.63, 3.8) is 0 Å². The second-order valence-corrected chi connectivity index (χ2v) is 5.16. The number of anilines is 1. The molecule has 2 aromatic rings. The number of hydrogen-bond donors (Lipinski definition) is 2. The van der Waals surface area contributed by atoms with Crippen LogP contribution in [0.25, 0.3) is 0 Å². The topological polar surface area (TPSA) is 62.3 Å². The minimum absolute atomic E-state index is 0. The maximum absolute atomic E-state index is 7.35. The highest BCUT2D eigenvalue weighted by atomic mass is 35.5. The molecule has 0 amide bonds. The lowest BCUT2D eigenvalue weighted by atomic mass is 10.1. The molecule has 5 heteroatoms. The van der Waals surface area contributed by atoms with Crippen LogP contribution in [0.1, 0.15) is 16.7 Å². The summed E-state index contributed by atoms with van der Waals surface area (Å²) in [6.45, 7) is 1.13. The van der Waals surface area contributed by atoms with Gasteiger partial charge in [0.1, 0.15) is 5.84 Å². The first-order valence-electron chi connectivity index (χ1n) is 6.83. The molecule has 0 unspecified atom stereocenters. The SMILES string of the molecule is CN(C)c1ccc(COCc2ccc(C(=N)N)cc2)cc1.Cl. The van der Waals surface area contributed by atoms with Gasteiger partial charge < -0.3 is 15.4 Å². The van der Waals surface area contributed by atoms with Crippen LogP contribution in [0.4, 0.5) is 5.69 Å². The molecule has 0 aromatic heterocycles. The Bertz CT molecular complexity index is 594. The third-order valence-electron chi connectivity index (χ3n) is 3.26. The molecule has 118 valence electrons. The number of ether oxygens (including phenoxy) is 1. The standard InChI is InChI=1S/C17H21N3O.ClH/c1-20(2)16-9-5-14(6-10-16)12-21-11-13-3-7-15(8-4-13)17(18)19;/h3-10H,11-12H2,1-2H3,(H3,18,19);1H. The van der Waals surface area contributed by atoms with E-state index in [-0.39, 0.29) is 18.2 Å². The van der Waals surface area contributed by atoms with Crippen LogP contribution in [0.5, 0.6) is 0 Å². The Hall–Kier alpha value is -2.04. The van der Waals surface area contributed by atoms with Crippen molar-refractivity contribution in [2.75, 3.05) is 19.0 Å². The van der Waals surface area contributed by atoms with E-state index in [4.69, 9.17) is 15.9 Å². The molecule has 2 aromatic carbocycles. The first-order chi connectivity index (χ1) is 10.1. The van der Waals surface area contributed by atoms with Gasteiger partial charge in [0.25, 0.3) is 0 Å². The van der Waals surface area contributed by atoms with Gasteiger partial charge in [-0.05, 0) is 23.3 Å². The van der Waals surface area contributed by atoms with Gasteiger partial charge in [-0.15, -0.1) is 12.4 Å². The summed E-state index contributed by atoms with van der Waals surface area (Å²) in [5, 5.41) is 7.35. The van der Waals surface area contributed by atoms with Crippen molar-refractivity contribution in [2.45, 2.75) is 13.2 Å². The number of nitrogen functional groups attached to an aromatic ring is 1. The second-order valence-electron chi connectivity index (χ2n) is 5.16. The maximum Gasteiger partial charge on any atom is 0.122 e. The van der Waals surface area contributed by atoms with Crippen LogP contribution in [0, 0.1) is 5.41 Å². The van der Waals surface area contributed by atoms with Crippen molar-refractivity contribution in [3.8, 4) is 0 Å². The van der Waals surface area contributed by atoms with Gasteiger partial charge in [0.2, 0.25) is 0 Å². The fraction of sp³-hybridized carbons (Fsp3) is 0.235. The van der Waals surface area contributed by atoms with E-state index >= 15 is 0 Å². The van der Waals surface area contributed by atoms with Crippen LogP contribution in [0.2, 0.25) is 0 Å². The predicted octanol–water partition coefficient (Wildman–Crippen LogP) is 3.18. The molecule has 0 aliphatic rings. The molecule has 0 bridgehead atoms. The van der Waals surface area contributed by atoms with E-state index in [1.807, 2.05) is 38.4 Å². The maximum atomic E-state index is 7.35. The quantitative estimate of drug-likeness (QED) is 0.635. The average molecular weight is 320 g/mol. The largest absolute Gasteiger partial charge is 0.384 e. The van der Waals surface area contributed by atoms with E-state index in [9.17, 15) is 0 Å². The molecule has 2 rings (SSSR count). The van der Waals surface area contributed by atoms with Crippen molar-refractivity contribution in [3.05, 3.63) is 65.2 Å². The van der Waals surface area contributed by atoms with Gasteiger partial charge in [-0.2, -0.15) is 0 Å². The first kappa shape index (κ1) is 18.0. The van der Waals surface area contributed by atoms with Crippen LogP contribution >= 0.6 is 12.4 Å². The molecule has 0 saturated carbocycles. The van der Waals surface area contributed by atoms with Crippen LogP contribution in [0.15, 0.2) is 48.5 Å². The molecule has 4 nitrogen and oxygen atoms in total. The van der Waals surface area contributed by atoms with E-state index in [0.29, 0.717) is 13.2 Å². The molecule has 0 spiro atoms. The summed E-state index contributed by atoms with van der Waals surface area (Å²) in [4.78, 5) is 2.07. The van der Waals surface area contributed by atoms with Crippen molar-refractivity contribution in [1.29, 1.82) is 5.41 Å². The highest BCUT2D eigenvalue weighted by molar-refractivity contribution is 5.94. The van der Waals surface area contributed by atoms with Gasteiger partial charge in [-0.1, -0.05) is 36.4 Å². The zero-order valence-electron chi connectivity index (χ0n) is 12.9. The number of hydrogen-bond acceptors (Lipinski definition) is 3. The minimum Gasteiger partial charge on any atom is -0.384 e. The van der Waals surface area contributed by atoms with Crippen LogP contribution in [0.3, 0.4) is 0 Å². The first-order valence-corrected chi connectivity index (χ1v) is 6.83. The van der Waals surface area contributed by atoms with Crippen molar-refractivity contribution in [2.24, 2.45) is 5.73 Å². The van der Waals surface area contributed by atoms with Gasteiger partial charge in [0.15, 0.2) is 0 Å². The van der Waals surface area contributed by atoms with Gasteiger partial charge >= 0.3 is 0 Å². The van der Waals surface area contributed by atoms with E-state index in [0.717, 1.165) is 16.7 Å². The Morgan fingerprint density at radius 1 is 0.955 bits per heavy atom. The summed E-state index contributed by atoms with van der Waals surface area (Å²) in [6.07, 6.45) is 0. The van der Waals surface area contributed by atoms with Crippen molar-refractivity contribution in [1.82, 2.24) is 0 Å². The lowest BCUT2D eigenvalue weighted by molar-refractivity contribution is 0.107. The number of halogens is 1. The molecule has 0 heterocycles. The Kier molecular flexibility index (Phi) is 6.89. The normalized spacial score (nSPS) is 9.91. The molecule has 0 saturated heterocycles. The Morgan fingerprint density at radius 2 is 1.41 bits per heavy atom. The number of benzene rings is 2. The molecule has 0 fully saturated rings. The van der Waals surface area contributed by atoms with Gasteiger partial charge in [-0.25, -0.2) is 0 Å². The fourth-order valence-corrected chi connectivity index (χ4v) is 1.96. The molecule has 0 aliphatic heterocycles. The summed E-state index contributed by atoms with van der Waals surface area (Å²) in [5.74, 6) is 0.0865. The Labute approximate surface area is 137 Å². The molecule has 22 heavy (non-hydrogen) atoms. The number of amidine groups is 1. The smallest absolute Gasteiger partial charge is 0.122 e. The van der Waals surface area contributed by atoms with Crippen LogP contribution in [-0.2, 0) is 18.0 Å². The van der Waals surface area contributed by atoms with E-state index in [1.165, 1.54) is 5.69 Å². The molecule has 0 atom stereocenters. The van der Waals surface area contributed by atoms with Gasteiger partial charge in [0, 0.05) is 25.3 Å². The molecule has 0 radical (unpaired) electrons. The summed E-state index contributed by atoms with van der Waals surface area (Å²) in [6, 6.07) is 15.9. The third-order valence-corrected chi connectivity index (χ3v) is 3.26. The zero-order valence-corrected chi connectivity index (χ0v) is 13.7. The van der Waals surface area contributed by atoms with Crippen molar-refractivity contribution >= 4 is 23.9 Å². The fourth-order valence-electron chi connectivity index (χ4n) is 1.96.